The van der Waals surface area contributed by atoms with Gasteiger partial charge in [0.05, 0.1) is 12.3 Å². The van der Waals surface area contributed by atoms with Crippen molar-refractivity contribution < 1.29 is 5.11 Å². The van der Waals surface area contributed by atoms with Crippen LogP contribution in [0.4, 0.5) is 5.69 Å². The molecule has 0 aliphatic carbocycles. The molecule has 94 valence electrons. The fourth-order valence-corrected chi connectivity index (χ4v) is 2.54. The van der Waals surface area contributed by atoms with Crippen molar-refractivity contribution in [3.05, 3.63) is 58.3 Å². The van der Waals surface area contributed by atoms with Gasteiger partial charge in [-0.15, -0.1) is 0 Å². The lowest BCUT2D eigenvalue weighted by Gasteiger charge is -2.21. The minimum Gasteiger partial charge on any atom is -0.392 e. The van der Waals surface area contributed by atoms with Gasteiger partial charge in [-0.2, -0.15) is 0 Å². The molecular formula is C14H15BrN2O. The number of hydrogen-bond acceptors (Lipinski definition) is 3. The van der Waals surface area contributed by atoms with Gasteiger partial charge in [0, 0.05) is 30.5 Å². The number of aromatic nitrogens is 1. The molecular weight excluding hydrogens is 292 g/mol. The molecule has 18 heavy (non-hydrogen) atoms. The molecule has 0 saturated carbocycles. The summed E-state index contributed by atoms with van der Waals surface area (Å²) >= 11 is 3.53. The summed E-state index contributed by atoms with van der Waals surface area (Å²) in [5.41, 5.74) is 3.16. The number of nitrogens with zero attached hydrogens (tertiary/aromatic N) is 2. The molecule has 0 bridgehead atoms. The van der Waals surface area contributed by atoms with E-state index in [1.165, 1.54) is 0 Å². The largest absolute Gasteiger partial charge is 0.392 e. The molecule has 2 rings (SSSR count). The molecule has 1 N–H and O–H groups in total. The van der Waals surface area contributed by atoms with Crippen molar-refractivity contribution >= 4 is 21.6 Å². The first-order valence-corrected chi connectivity index (χ1v) is 6.49. The summed E-state index contributed by atoms with van der Waals surface area (Å²) in [6.07, 6.45) is 3.64. The van der Waals surface area contributed by atoms with E-state index in [4.69, 9.17) is 5.11 Å². The Morgan fingerprint density at radius 2 is 2.11 bits per heavy atom. The zero-order chi connectivity index (χ0) is 13.0. The molecule has 0 aliphatic rings. The lowest BCUT2D eigenvalue weighted by Crippen LogP contribution is -2.17. The maximum Gasteiger partial charge on any atom is 0.0682 e. The predicted molar refractivity (Wildman–Crippen MR) is 76.4 cm³/mol. The Morgan fingerprint density at radius 3 is 2.72 bits per heavy atom. The van der Waals surface area contributed by atoms with Crippen molar-refractivity contribution in [1.82, 2.24) is 4.98 Å². The third kappa shape index (κ3) is 3.09. The smallest absolute Gasteiger partial charge is 0.0682 e. The molecule has 1 aromatic heterocycles. The van der Waals surface area contributed by atoms with E-state index < -0.39 is 0 Å². The number of halogens is 1. The van der Waals surface area contributed by atoms with Gasteiger partial charge in [0.25, 0.3) is 0 Å². The van der Waals surface area contributed by atoms with Crippen molar-refractivity contribution in [2.45, 2.75) is 13.2 Å². The normalized spacial score (nSPS) is 10.4. The number of hydrogen-bond donors (Lipinski definition) is 1. The first kappa shape index (κ1) is 13.1. The maximum absolute atomic E-state index is 9.08. The zero-order valence-electron chi connectivity index (χ0n) is 10.2. The average Bonchev–Trinajstić information content (AvgIpc) is 2.39. The Bertz CT molecular complexity index is 516. The summed E-state index contributed by atoms with van der Waals surface area (Å²) in [5, 5.41) is 9.08. The first-order valence-electron chi connectivity index (χ1n) is 5.70. The van der Waals surface area contributed by atoms with E-state index in [9.17, 15) is 0 Å². The molecule has 0 atom stereocenters. The minimum atomic E-state index is 0.0607. The van der Waals surface area contributed by atoms with Gasteiger partial charge in [0.15, 0.2) is 0 Å². The Kier molecular flexibility index (Phi) is 4.33. The van der Waals surface area contributed by atoms with Gasteiger partial charge in [-0.25, -0.2) is 0 Å². The third-order valence-electron chi connectivity index (χ3n) is 2.75. The SMILES string of the molecule is CN(Cc1cccnc1)c1ccc(CO)cc1Br. The van der Waals surface area contributed by atoms with Crippen molar-refractivity contribution in [2.24, 2.45) is 0 Å². The van der Waals surface area contributed by atoms with Crippen LogP contribution in [-0.2, 0) is 13.2 Å². The van der Waals surface area contributed by atoms with Crippen LogP contribution in [0.5, 0.6) is 0 Å². The summed E-state index contributed by atoms with van der Waals surface area (Å²) < 4.78 is 0.987. The number of aliphatic hydroxyl groups is 1. The average molecular weight is 307 g/mol. The standard InChI is InChI=1S/C14H15BrN2O/c1-17(9-12-3-2-6-16-8-12)14-5-4-11(10-18)7-13(14)15/h2-8,18H,9-10H2,1H3. The Hall–Kier alpha value is -1.39. The van der Waals surface area contributed by atoms with Gasteiger partial charge in [0.2, 0.25) is 0 Å². The van der Waals surface area contributed by atoms with E-state index >= 15 is 0 Å². The van der Waals surface area contributed by atoms with E-state index in [1.807, 2.05) is 37.5 Å². The first-order chi connectivity index (χ1) is 8.70. The van der Waals surface area contributed by atoms with Gasteiger partial charge in [-0.05, 0) is 45.3 Å². The van der Waals surface area contributed by atoms with Gasteiger partial charge in [0.1, 0.15) is 0 Å². The summed E-state index contributed by atoms with van der Waals surface area (Å²) in [6, 6.07) is 9.87. The zero-order valence-corrected chi connectivity index (χ0v) is 11.8. The number of pyridine rings is 1. The molecule has 1 heterocycles. The number of anilines is 1. The van der Waals surface area contributed by atoms with E-state index in [-0.39, 0.29) is 6.61 Å². The summed E-state index contributed by atoms with van der Waals surface area (Å²) in [5.74, 6) is 0. The summed E-state index contributed by atoms with van der Waals surface area (Å²) in [6.45, 7) is 0.857. The summed E-state index contributed by atoms with van der Waals surface area (Å²) in [4.78, 5) is 6.25. The van der Waals surface area contributed by atoms with Crippen LogP contribution in [0.15, 0.2) is 47.2 Å². The monoisotopic (exact) mass is 306 g/mol. The highest BCUT2D eigenvalue weighted by atomic mass is 79.9. The molecule has 0 unspecified atom stereocenters. The number of aliphatic hydroxyl groups excluding tert-OH is 1. The lowest BCUT2D eigenvalue weighted by atomic mass is 10.2. The van der Waals surface area contributed by atoms with Gasteiger partial charge in [-0.3, -0.25) is 4.98 Å². The van der Waals surface area contributed by atoms with Crippen molar-refractivity contribution in [1.29, 1.82) is 0 Å². The van der Waals surface area contributed by atoms with Crippen LogP contribution < -0.4 is 4.90 Å². The molecule has 0 fully saturated rings. The molecule has 0 amide bonds. The van der Waals surface area contributed by atoms with Crippen LogP contribution in [0.3, 0.4) is 0 Å². The molecule has 4 heteroatoms. The minimum absolute atomic E-state index is 0.0607. The van der Waals surface area contributed by atoms with E-state index in [1.54, 1.807) is 6.20 Å². The van der Waals surface area contributed by atoms with E-state index in [0.717, 1.165) is 27.8 Å². The molecule has 0 aliphatic heterocycles. The van der Waals surface area contributed by atoms with Crippen molar-refractivity contribution in [3.63, 3.8) is 0 Å². The van der Waals surface area contributed by atoms with Crippen molar-refractivity contribution in [2.75, 3.05) is 11.9 Å². The second-order valence-electron chi connectivity index (χ2n) is 4.16. The van der Waals surface area contributed by atoms with Crippen LogP contribution in [-0.4, -0.2) is 17.1 Å². The molecule has 0 saturated heterocycles. The van der Waals surface area contributed by atoms with Gasteiger partial charge in [-0.1, -0.05) is 12.1 Å². The molecule has 0 radical (unpaired) electrons. The van der Waals surface area contributed by atoms with Crippen LogP contribution in [0.2, 0.25) is 0 Å². The van der Waals surface area contributed by atoms with Crippen LogP contribution in [0.1, 0.15) is 11.1 Å². The molecule has 0 spiro atoms. The Labute approximate surface area is 115 Å². The Morgan fingerprint density at radius 1 is 1.28 bits per heavy atom. The predicted octanol–water partition coefficient (Wildman–Crippen LogP) is 2.97. The van der Waals surface area contributed by atoms with Gasteiger partial charge < -0.3 is 10.0 Å². The van der Waals surface area contributed by atoms with Gasteiger partial charge >= 0.3 is 0 Å². The molecule has 1 aromatic carbocycles. The van der Waals surface area contributed by atoms with Crippen LogP contribution in [0, 0.1) is 0 Å². The Balaban J connectivity index is 2.16. The van der Waals surface area contributed by atoms with Crippen LogP contribution >= 0.6 is 15.9 Å². The highest BCUT2D eigenvalue weighted by Crippen LogP contribution is 2.27. The maximum atomic E-state index is 9.08. The van der Waals surface area contributed by atoms with Crippen LogP contribution in [0.25, 0.3) is 0 Å². The molecule has 2 aromatic rings. The summed E-state index contributed by atoms with van der Waals surface area (Å²) in [7, 11) is 2.03. The third-order valence-corrected chi connectivity index (χ3v) is 3.38. The van der Waals surface area contributed by atoms with Crippen molar-refractivity contribution in [3.8, 4) is 0 Å². The second kappa shape index (κ2) is 5.98. The fraction of sp³-hybridized carbons (Fsp3) is 0.214. The second-order valence-corrected chi connectivity index (χ2v) is 5.02. The number of rotatable bonds is 4. The lowest BCUT2D eigenvalue weighted by molar-refractivity contribution is 0.282. The fourth-order valence-electron chi connectivity index (χ4n) is 1.81. The van der Waals surface area contributed by atoms with E-state index in [2.05, 4.69) is 31.9 Å². The highest BCUT2D eigenvalue weighted by Gasteiger charge is 2.07. The highest BCUT2D eigenvalue weighted by molar-refractivity contribution is 9.10. The van der Waals surface area contributed by atoms with E-state index in [0.29, 0.717) is 0 Å². The quantitative estimate of drug-likeness (QED) is 0.943. The number of benzene rings is 1. The molecule has 3 nitrogen and oxygen atoms in total. The topological polar surface area (TPSA) is 36.4 Å².